The first-order valence-electron chi connectivity index (χ1n) is 7.02. The van der Waals surface area contributed by atoms with Gasteiger partial charge in [-0.05, 0) is 32.4 Å². The number of nitrogens with zero attached hydrogens (tertiary/aromatic N) is 1. The van der Waals surface area contributed by atoms with Crippen LogP contribution in [0.4, 0.5) is 13.2 Å². The molecule has 0 amide bonds. The van der Waals surface area contributed by atoms with Crippen LogP contribution in [0.2, 0.25) is 0 Å². The van der Waals surface area contributed by atoms with E-state index < -0.39 is 12.7 Å². The Balaban J connectivity index is 2.67. The third-order valence-electron chi connectivity index (χ3n) is 3.56. The molecule has 108 valence electrons. The van der Waals surface area contributed by atoms with Gasteiger partial charge in [-0.1, -0.05) is 26.7 Å². The quantitative estimate of drug-likeness (QED) is 0.794. The first kappa shape index (κ1) is 15.8. The molecule has 0 bridgehead atoms. The maximum Gasteiger partial charge on any atom is 0.401 e. The van der Waals surface area contributed by atoms with Gasteiger partial charge in [-0.2, -0.15) is 13.2 Å². The van der Waals surface area contributed by atoms with Crippen LogP contribution in [0.5, 0.6) is 0 Å². The summed E-state index contributed by atoms with van der Waals surface area (Å²) in [5.74, 6) is 0. The fourth-order valence-corrected chi connectivity index (χ4v) is 2.93. The Kier molecular flexibility index (Phi) is 6.43. The summed E-state index contributed by atoms with van der Waals surface area (Å²) in [5, 5.41) is 3.35. The molecule has 0 saturated heterocycles. The summed E-state index contributed by atoms with van der Waals surface area (Å²) in [7, 11) is 0. The van der Waals surface area contributed by atoms with Gasteiger partial charge in [0, 0.05) is 12.1 Å². The predicted molar refractivity (Wildman–Crippen MR) is 67.6 cm³/mol. The highest BCUT2D eigenvalue weighted by molar-refractivity contribution is 4.88. The average Bonchev–Trinajstić information content (AvgIpc) is 2.28. The minimum atomic E-state index is -4.09. The largest absolute Gasteiger partial charge is 0.401 e. The lowest BCUT2D eigenvalue weighted by molar-refractivity contribution is -0.153. The summed E-state index contributed by atoms with van der Waals surface area (Å²) in [4.78, 5) is 1.63. The van der Waals surface area contributed by atoms with Crippen LogP contribution in [0.1, 0.15) is 46.0 Å². The van der Waals surface area contributed by atoms with Crippen molar-refractivity contribution in [1.29, 1.82) is 0 Å². The van der Waals surface area contributed by atoms with Crippen LogP contribution in [0.25, 0.3) is 0 Å². The zero-order chi connectivity index (χ0) is 13.6. The number of alkyl halides is 3. The highest BCUT2D eigenvalue weighted by atomic mass is 19.4. The SMILES string of the molecule is CCCN(CC(F)(F)F)C1CCCCC1NCC. The summed E-state index contributed by atoms with van der Waals surface area (Å²) in [6, 6.07) is 0.262. The summed E-state index contributed by atoms with van der Waals surface area (Å²) >= 11 is 0. The molecule has 0 spiro atoms. The molecular weight excluding hydrogens is 241 g/mol. The summed E-state index contributed by atoms with van der Waals surface area (Å²) in [6.07, 6.45) is 0.726. The summed E-state index contributed by atoms with van der Waals surface area (Å²) in [5.41, 5.74) is 0. The van der Waals surface area contributed by atoms with E-state index in [2.05, 4.69) is 5.32 Å². The first-order chi connectivity index (χ1) is 8.48. The lowest BCUT2D eigenvalue weighted by atomic mass is 9.89. The first-order valence-corrected chi connectivity index (χ1v) is 7.02. The van der Waals surface area contributed by atoms with Crippen molar-refractivity contribution in [3.63, 3.8) is 0 Å². The molecule has 1 rings (SSSR count). The highest BCUT2D eigenvalue weighted by Crippen LogP contribution is 2.26. The van der Waals surface area contributed by atoms with Crippen molar-refractivity contribution in [3.8, 4) is 0 Å². The van der Waals surface area contributed by atoms with Crippen LogP contribution in [-0.2, 0) is 0 Å². The topological polar surface area (TPSA) is 15.3 Å². The molecule has 5 heteroatoms. The van der Waals surface area contributed by atoms with Gasteiger partial charge in [0.2, 0.25) is 0 Å². The normalized spacial score (nSPS) is 25.7. The Morgan fingerprint density at radius 3 is 2.39 bits per heavy atom. The smallest absolute Gasteiger partial charge is 0.313 e. The zero-order valence-corrected chi connectivity index (χ0v) is 11.4. The third-order valence-corrected chi connectivity index (χ3v) is 3.56. The van der Waals surface area contributed by atoms with E-state index in [1.807, 2.05) is 13.8 Å². The highest BCUT2D eigenvalue weighted by Gasteiger charge is 2.36. The molecule has 0 heterocycles. The molecular formula is C13H25F3N2. The van der Waals surface area contributed by atoms with Crippen LogP contribution in [0.15, 0.2) is 0 Å². The Hall–Kier alpha value is -0.290. The molecule has 0 aliphatic heterocycles. The Labute approximate surface area is 108 Å². The molecule has 2 atom stereocenters. The van der Waals surface area contributed by atoms with Crippen molar-refractivity contribution in [3.05, 3.63) is 0 Å². The van der Waals surface area contributed by atoms with Crippen LogP contribution in [-0.4, -0.2) is 42.8 Å². The monoisotopic (exact) mass is 266 g/mol. The molecule has 0 aromatic rings. The van der Waals surface area contributed by atoms with Crippen molar-refractivity contribution in [1.82, 2.24) is 10.2 Å². The maximum atomic E-state index is 12.6. The van der Waals surface area contributed by atoms with Crippen molar-refractivity contribution in [2.75, 3.05) is 19.6 Å². The van der Waals surface area contributed by atoms with Gasteiger partial charge in [0.15, 0.2) is 0 Å². The van der Waals surface area contributed by atoms with Crippen LogP contribution < -0.4 is 5.32 Å². The van der Waals surface area contributed by atoms with E-state index in [4.69, 9.17) is 0 Å². The van der Waals surface area contributed by atoms with Gasteiger partial charge in [-0.15, -0.1) is 0 Å². The second-order valence-corrected chi connectivity index (χ2v) is 5.10. The van der Waals surface area contributed by atoms with E-state index in [-0.39, 0.29) is 12.1 Å². The maximum absolute atomic E-state index is 12.6. The van der Waals surface area contributed by atoms with Crippen LogP contribution in [0.3, 0.4) is 0 Å². The van der Waals surface area contributed by atoms with Crippen molar-refractivity contribution >= 4 is 0 Å². The van der Waals surface area contributed by atoms with Gasteiger partial charge in [0.1, 0.15) is 0 Å². The van der Waals surface area contributed by atoms with Gasteiger partial charge in [0.25, 0.3) is 0 Å². The lowest BCUT2D eigenvalue weighted by Gasteiger charge is -2.40. The number of rotatable bonds is 6. The second-order valence-electron chi connectivity index (χ2n) is 5.10. The minimum absolute atomic E-state index is 0.0419. The van der Waals surface area contributed by atoms with Crippen molar-refractivity contribution in [2.45, 2.75) is 64.2 Å². The molecule has 1 fully saturated rings. The fraction of sp³-hybridized carbons (Fsp3) is 1.00. The molecule has 0 aromatic heterocycles. The summed E-state index contributed by atoms with van der Waals surface area (Å²) < 4.78 is 37.9. The zero-order valence-electron chi connectivity index (χ0n) is 11.4. The van der Waals surface area contributed by atoms with Gasteiger partial charge >= 0.3 is 6.18 Å². The van der Waals surface area contributed by atoms with Gasteiger partial charge in [0.05, 0.1) is 6.54 Å². The van der Waals surface area contributed by atoms with Crippen molar-refractivity contribution in [2.24, 2.45) is 0 Å². The van der Waals surface area contributed by atoms with E-state index in [0.29, 0.717) is 6.54 Å². The van der Waals surface area contributed by atoms with Crippen molar-refractivity contribution < 1.29 is 13.2 Å². The molecule has 1 N–H and O–H groups in total. The predicted octanol–water partition coefficient (Wildman–Crippen LogP) is 3.18. The fourth-order valence-electron chi connectivity index (χ4n) is 2.93. The van der Waals surface area contributed by atoms with Gasteiger partial charge in [-0.3, -0.25) is 4.90 Å². The summed E-state index contributed by atoms with van der Waals surface area (Å²) in [6.45, 7) is 4.54. The Morgan fingerprint density at radius 1 is 1.17 bits per heavy atom. The van der Waals surface area contributed by atoms with E-state index >= 15 is 0 Å². The molecule has 2 unspecified atom stereocenters. The molecule has 1 saturated carbocycles. The van der Waals surface area contributed by atoms with Crippen LogP contribution in [0, 0.1) is 0 Å². The molecule has 2 nitrogen and oxygen atoms in total. The standard InChI is InChI=1S/C13H25F3N2/c1-3-9-18(10-13(14,15)16)12-8-6-5-7-11(12)17-4-2/h11-12,17H,3-10H2,1-2H3. The number of nitrogens with one attached hydrogen (secondary N) is 1. The third kappa shape index (κ3) is 5.14. The number of hydrogen-bond acceptors (Lipinski definition) is 2. The molecule has 1 aliphatic rings. The molecule has 0 aromatic carbocycles. The lowest BCUT2D eigenvalue weighted by Crippen LogP contribution is -2.54. The number of likely N-dealkylation sites (N-methyl/N-ethyl adjacent to an activating group) is 1. The Bertz CT molecular complexity index is 229. The van der Waals surface area contributed by atoms with Crippen LogP contribution >= 0.6 is 0 Å². The molecule has 18 heavy (non-hydrogen) atoms. The van der Waals surface area contributed by atoms with Gasteiger partial charge < -0.3 is 5.32 Å². The second kappa shape index (κ2) is 7.34. The van der Waals surface area contributed by atoms with E-state index in [9.17, 15) is 13.2 Å². The van der Waals surface area contributed by atoms with E-state index in [1.165, 1.54) is 0 Å². The molecule has 0 radical (unpaired) electrons. The van der Waals surface area contributed by atoms with E-state index in [0.717, 1.165) is 38.6 Å². The Morgan fingerprint density at radius 2 is 1.83 bits per heavy atom. The van der Waals surface area contributed by atoms with E-state index in [1.54, 1.807) is 4.90 Å². The number of halogens is 3. The van der Waals surface area contributed by atoms with Gasteiger partial charge in [-0.25, -0.2) is 0 Å². The number of hydrogen-bond donors (Lipinski definition) is 1. The average molecular weight is 266 g/mol. The molecule has 1 aliphatic carbocycles. The minimum Gasteiger partial charge on any atom is -0.313 e.